The normalized spacial score (nSPS) is 16.5. The van der Waals surface area contributed by atoms with E-state index in [1.54, 1.807) is 6.07 Å². The number of anilines is 1. The molecule has 0 spiro atoms. The van der Waals surface area contributed by atoms with Crippen molar-refractivity contribution in [1.29, 1.82) is 0 Å². The van der Waals surface area contributed by atoms with Crippen LogP contribution >= 0.6 is 0 Å². The van der Waals surface area contributed by atoms with Crippen LogP contribution in [0.1, 0.15) is 12.8 Å². The molecule has 0 bridgehead atoms. The summed E-state index contributed by atoms with van der Waals surface area (Å²) in [5.74, 6) is 0.573. The highest BCUT2D eigenvalue weighted by Crippen LogP contribution is 2.36. The van der Waals surface area contributed by atoms with Gasteiger partial charge in [-0.25, -0.2) is 8.42 Å². The summed E-state index contributed by atoms with van der Waals surface area (Å²) in [6, 6.07) is 2.99. The summed E-state index contributed by atoms with van der Waals surface area (Å²) in [6.45, 7) is 1.06. The number of nitrogens with zero attached hydrogens (tertiary/aromatic N) is 1. The maximum absolute atomic E-state index is 12.6. The molecule has 0 unspecified atom stereocenters. The average Bonchev–Trinajstić information content (AvgIpc) is 2.92. The largest absolute Gasteiger partial charge is 0.497 e. The van der Waals surface area contributed by atoms with Crippen LogP contribution in [-0.4, -0.2) is 40.0 Å². The molecule has 1 fully saturated rings. The SMILES string of the molecule is COc1cc(N)c(OC)c(S(=O)(=O)N2CCCC2)c1. The van der Waals surface area contributed by atoms with E-state index in [4.69, 9.17) is 15.2 Å². The molecule has 1 aromatic rings. The van der Waals surface area contributed by atoms with Crippen molar-refractivity contribution in [3.63, 3.8) is 0 Å². The van der Waals surface area contributed by atoms with Crippen LogP contribution < -0.4 is 15.2 Å². The molecule has 0 aliphatic carbocycles. The van der Waals surface area contributed by atoms with Gasteiger partial charge in [-0.15, -0.1) is 0 Å². The average molecular weight is 286 g/mol. The highest BCUT2D eigenvalue weighted by Gasteiger charge is 2.31. The molecule has 2 N–H and O–H groups in total. The standard InChI is InChI=1S/C12H18N2O4S/c1-17-9-7-10(13)12(18-2)11(8-9)19(15,16)14-5-3-4-6-14/h7-8H,3-6,13H2,1-2H3. The van der Waals surface area contributed by atoms with Crippen LogP contribution in [-0.2, 0) is 10.0 Å². The van der Waals surface area contributed by atoms with E-state index < -0.39 is 10.0 Å². The van der Waals surface area contributed by atoms with E-state index in [0.29, 0.717) is 18.8 Å². The van der Waals surface area contributed by atoms with Crippen molar-refractivity contribution in [2.24, 2.45) is 0 Å². The number of nitrogen functional groups attached to an aromatic ring is 1. The van der Waals surface area contributed by atoms with Crippen LogP contribution in [0.4, 0.5) is 5.69 Å². The third-order valence-corrected chi connectivity index (χ3v) is 5.08. The van der Waals surface area contributed by atoms with Gasteiger partial charge in [-0.05, 0) is 12.8 Å². The van der Waals surface area contributed by atoms with Crippen LogP contribution in [0.5, 0.6) is 11.5 Å². The molecule has 1 aliphatic rings. The summed E-state index contributed by atoms with van der Waals surface area (Å²) < 4.78 is 36.8. The second-order valence-corrected chi connectivity index (χ2v) is 6.27. The Labute approximate surface area is 113 Å². The lowest BCUT2D eigenvalue weighted by molar-refractivity contribution is 0.390. The first-order chi connectivity index (χ1) is 9.00. The van der Waals surface area contributed by atoms with E-state index in [1.165, 1.54) is 24.6 Å². The van der Waals surface area contributed by atoms with E-state index in [1.807, 2.05) is 0 Å². The molecule has 1 aromatic carbocycles. The van der Waals surface area contributed by atoms with Crippen molar-refractivity contribution in [1.82, 2.24) is 4.31 Å². The summed E-state index contributed by atoms with van der Waals surface area (Å²) in [7, 11) is -0.719. The zero-order chi connectivity index (χ0) is 14.0. The monoisotopic (exact) mass is 286 g/mol. The van der Waals surface area contributed by atoms with E-state index in [-0.39, 0.29) is 16.3 Å². The molecule has 0 saturated carbocycles. The number of ether oxygens (including phenoxy) is 2. The van der Waals surface area contributed by atoms with Crippen molar-refractivity contribution >= 4 is 15.7 Å². The van der Waals surface area contributed by atoms with Gasteiger partial charge >= 0.3 is 0 Å². The Morgan fingerprint density at radius 2 is 1.79 bits per heavy atom. The molecular formula is C12H18N2O4S. The number of rotatable bonds is 4. The molecular weight excluding hydrogens is 268 g/mol. The summed E-state index contributed by atoms with van der Waals surface area (Å²) in [4.78, 5) is 0.0637. The van der Waals surface area contributed by atoms with Gasteiger partial charge in [0.15, 0.2) is 5.75 Å². The first-order valence-electron chi connectivity index (χ1n) is 6.02. The first-order valence-corrected chi connectivity index (χ1v) is 7.46. The van der Waals surface area contributed by atoms with Gasteiger partial charge in [0.05, 0.1) is 19.9 Å². The molecule has 6 nitrogen and oxygen atoms in total. The van der Waals surface area contributed by atoms with Gasteiger partial charge in [0, 0.05) is 25.2 Å². The maximum atomic E-state index is 12.6. The van der Waals surface area contributed by atoms with Gasteiger partial charge in [-0.1, -0.05) is 0 Å². The molecule has 7 heteroatoms. The molecule has 1 saturated heterocycles. The zero-order valence-electron chi connectivity index (χ0n) is 11.0. The molecule has 19 heavy (non-hydrogen) atoms. The van der Waals surface area contributed by atoms with E-state index in [2.05, 4.69) is 0 Å². The van der Waals surface area contributed by atoms with Crippen LogP contribution in [0.2, 0.25) is 0 Å². The van der Waals surface area contributed by atoms with Crippen molar-refractivity contribution in [3.05, 3.63) is 12.1 Å². The Hall–Kier alpha value is -1.47. The van der Waals surface area contributed by atoms with Gasteiger partial charge in [0.1, 0.15) is 10.6 Å². The lowest BCUT2D eigenvalue weighted by atomic mass is 10.3. The van der Waals surface area contributed by atoms with Crippen molar-refractivity contribution < 1.29 is 17.9 Å². The minimum Gasteiger partial charge on any atom is -0.497 e. The third kappa shape index (κ3) is 2.48. The molecule has 0 atom stereocenters. The topological polar surface area (TPSA) is 81.9 Å². The van der Waals surface area contributed by atoms with Gasteiger partial charge in [0.25, 0.3) is 0 Å². The lowest BCUT2D eigenvalue weighted by Gasteiger charge is -2.19. The highest BCUT2D eigenvalue weighted by atomic mass is 32.2. The minimum absolute atomic E-state index is 0.0637. The van der Waals surface area contributed by atoms with Gasteiger partial charge in [-0.3, -0.25) is 0 Å². The number of sulfonamides is 1. The Morgan fingerprint density at radius 1 is 1.16 bits per heavy atom. The summed E-state index contributed by atoms with van der Waals surface area (Å²) in [5.41, 5.74) is 6.07. The summed E-state index contributed by atoms with van der Waals surface area (Å²) in [6.07, 6.45) is 1.75. The number of benzene rings is 1. The maximum Gasteiger partial charge on any atom is 0.246 e. The smallest absolute Gasteiger partial charge is 0.246 e. The molecule has 1 aliphatic heterocycles. The van der Waals surface area contributed by atoms with Crippen LogP contribution in [0.25, 0.3) is 0 Å². The summed E-state index contributed by atoms with van der Waals surface area (Å²) in [5, 5.41) is 0. The first kappa shape index (κ1) is 14.0. The van der Waals surface area contributed by atoms with E-state index >= 15 is 0 Å². The second kappa shape index (κ2) is 5.26. The van der Waals surface area contributed by atoms with Crippen molar-refractivity contribution in [3.8, 4) is 11.5 Å². The fourth-order valence-corrected chi connectivity index (χ4v) is 3.91. The number of methoxy groups -OCH3 is 2. The highest BCUT2D eigenvalue weighted by molar-refractivity contribution is 7.89. The number of hydrogen-bond donors (Lipinski definition) is 1. The van der Waals surface area contributed by atoms with Crippen LogP contribution in [0.3, 0.4) is 0 Å². The van der Waals surface area contributed by atoms with Gasteiger partial charge in [-0.2, -0.15) is 4.31 Å². The molecule has 0 amide bonds. The molecule has 0 aromatic heterocycles. The summed E-state index contributed by atoms with van der Waals surface area (Å²) >= 11 is 0. The Balaban J connectivity index is 2.56. The quantitative estimate of drug-likeness (QED) is 0.837. The predicted octanol–water partition coefficient (Wildman–Crippen LogP) is 1.07. The molecule has 0 radical (unpaired) electrons. The van der Waals surface area contributed by atoms with E-state index in [9.17, 15) is 8.42 Å². The van der Waals surface area contributed by atoms with Crippen LogP contribution in [0, 0.1) is 0 Å². The molecule has 2 rings (SSSR count). The fraction of sp³-hybridized carbons (Fsp3) is 0.500. The molecule has 106 valence electrons. The minimum atomic E-state index is -3.59. The Kier molecular flexibility index (Phi) is 3.86. The number of hydrogen-bond acceptors (Lipinski definition) is 5. The lowest BCUT2D eigenvalue weighted by Crippen LogP contribution is -2.28. The predicted molar refractivity (Wildman–Crippen MR) is 72.0 cm³/mol. The molecule has 1 heterocycles. The van der Waals surface area contributed by atoms with Crippen molar-refractivity contribution in [2.45, 2.75) is 17.7 Å². The van der Waals surface area contributed by atoms with Crippen LogP contribution in [0.15, 0.2) is 17.0 Å². The third-order valence-electron chi connectivity index (χ3n) is 3.18. The Morgan fingerprint density at radius 3 is 2.32 bits per heavy atom. The van der Waals surface area contributed by atoms with Gasteiger partial charge in [0.2, 0.25) is 10.0 Å². The van der Waals surface area contributed by atoms with Gasteiger partial charge < -0.3 is 15.2 Å². The zero-order valence-corrected chi connectivity index (χ0v) is 11.9. The van der Waals surface area contributed by atoms with E-state index in [0.717, 1.165) is 12.8 Å². The second-order valence-electron chi connectivity index (χ2n) is 4.36. The number of nitrogens with two attached hydrogens (primary N) is 1. The fourth-order valence-electron chi connectivity index (χ4n) is 2.19. The van der Waals surface area contributed by atoms with Crippen molar-refractivity contribution in [2.75, 3.05) is 33.0 Å². The Bertz CT molecular complexity index is 565.